The molecule has 0 amide bonds. The van der Waals surface area contributed by atoms with Gasteiger partial charge in [-0.05, 0) is 98.5 Å². The molecule has 0 bridgehead atoms. The molecule has 0 unspecified atom stereocenters. The van der Waals surface area contributed by atoms with Crippen molar-refractivity contribution in [2.75, 3.05) is 0 Å². The average Bonchev–Trinajstić information content (AvgIpc) is 2.80. The smallest absolute Gasteiger partial charge is 0.0279 e. The van der Waals surface area contributed by atoms with Gasteiger partial charge in [0.1, 0.15) is 0 Å². The van der Waals surface area contributed by atoms with Gasteiger partial charge in [-0.2, -0.15) is 0 Å². The fourth-order valence-electron chi connectivity index (χ4n) is 4.39. The SMILES string of the molecule is Cc1ccc(C#Cc2ccc(C#Cc3ccc(CC4CCC(C)CC4)cc3)cc2C)cc1. The van der Waals surface area contributed by atoms with Crippen molar-refractivity contribution in [2.24, 2.45) is 11.8 Å². The lowest BCUT2D eigenvalue weighted by Gasteiger charge is -2.26. The zero-order valence-corrected chi connectivity index (χ0v) is 19.5. The maximum absolute atomic E-state index is 3.32. The minimum atomic E-state index is 0.860. The van der Waals surface area contributed by atoms with Crippen LogP contribution >= 0.6 is 0 Å². The normalized spacial score (nSPS) is 17.6. The molecule has 1 aliphatic carbocycles. The molecule has 0 radical (unpaired) electrons. The predicted octanol–water partition coefficient (Wildman–Crippen LogP) is 7.47. The van der Waals surface area contributed by atoms with E-state index in [0.29, 0.717) is 0 Å². The van der Waals surface area contributed by atoms with E-state index in [1.807, 2.05) is 0 Å². The molecule has 1 aliphatic rings. The molecule has 32 heavy (non-hydrogen) atoms. The van der Waals surface area contributed by atoms with Crippen LogP contribution in [0.15, 0.2) is 66.7 Å². The molecule has 1 fully saturated rings. The summed E-state index contributed by atoms with van der Waals surface area (Å²) in [6.45, 7) is 6.58. The monoisotopic (exact) mass is 416 g/mol. The van der Waals surface area contributed by atoms with E-state index in [9.17, 15) is 0 Å². The van der Waals surface area contributed by atoms with Gasteiger partial charge >= 0.3 is 0 Å². The highest BCUT2D eigenvalue weighted by Gasteiger charge is 2.18. The molecule has 0 spiro atoms. The van der Waals surface area contributed by atoms with Gasteiger partial charge in [-0.1, -0.05) is 73.3 Å². The standard InChI is InChI=1S/C32H32/c1-24-4-8-27(9-5-24)18-20-32-21-19-29(22-26(32)3)15-12-28-13-16-31(17-14-28)23-30-10-6-25(2)7-11-30/h4-5,8-9,13-14,16-17,19,21-22,25,30H,6-7,10-11,23H2,1-3H3. The summed E-state index contributed by atoms with van der Waals surface area (Å²) in [5.74, 6) is 15.0. The topological polar surface area (TPSA) is 0 Å². The van der Waals surface area contributed by atoms with Crippen molar-refractivity contribution >= 4 is 0 Å². The van der Waals surface area contributed by atoms with Gasteiger partial charge in [0.15, 0.2) is 0 Å². The van der Waals surface area contributed by atoms with E-state index in [2.05, 4.69) is 111 Å². The van der Waals surface area contributed by atoms with Crippen LogP contribution in [0, 0.1) is 49.4 Å². The first-order valence-electron chi connectivity index (χ1n) is 11.9. The van der Waals surface area contributed by atoms with Gasteiger partial charge in [0.05, 0.1) is 0 Å². The summed E-state index contributed by atoms with van der Waals surface area (Å²) in [7, 11) is 0. The Morgan fingerprint density at radius 2 is 1.22 bits per heavy atom. The van der Waals surface area contributed by atoms with Crippen molar-refractivity contribution in [3.8, 4) is 23.7 Å². The first kappa shape index (κ1) is 22.0. The first-order chi connectivity index (χ1) is 15.5. The van der Waals surface area contributed by atoms with Crippen molar-refractivity contribution < 1.29 is 0 Å². The molecule has 0 N–H and O–H groups in total. The summed E-state index contributed by atoms with van der Waals surface area (Å²) >= 11 is 0. The molecule has 3 aromatic carbocycles. The zero-order valence-electron chi connectivity index (χ0n) is 19.5. The Kier molecular flexibility index (Phi) is 7.14. The highest BCUT2D eigenvalue weighted by atomic mass is 14.2. The Morgan fingerprint density at radius 3 is 1.88 bits per heavy atom. The maximum Gasteiger partial charge on any atom is 0.0279 e. The van der Waals surface area contributed by atoms with Crippen LogP contribution in [0.5, 0.6) is 0 Å². The van der Waals surface area contributed by atoms with Crippen molar-refractivity contribution in [3.63, 3.8) is 0 Å². The molecule has 3 aromatic rings. The molecule has 160 valence electrons. The summed E-state index contributed by atoms with van der Waals surface area (Å²) in [6.07, 6.45) is 6.76. The van der Waals surface area contributed by atoms with Crippen molar-refractivity contribution in [1.82, 2.24) is 0 Å². The summed E-state index contributed by atoms with van der Waals surface area (Å²) in [5, 5.41) is 0. The van der Waals surface area contributed by atoms with Crippen molar-refractivity contribution in [3.05, 3.63) is 106 Å². The molecule has 0 heteroatoms. The van der Waals surface area contributed by atoms with E-state index in [0.717, 1.165) is 39.7 Å². The minimum Gasteiger partial charge on any atom is -0.0625 e. The number of rotatable bonds is 2. The number of hydrogen-bond donors (Lipinski definition) is 0. The number of aryl methyl sites for hydroxylation is 2. The van der Waals surface area contributed by atoms with Gasteiger partial charge in [0.2, 0.25) is 0 Å². The minimum absolute atomic E-state index is 0.860. The molecule has 0 aliphatic heterocycles. The predicted molar refractivity (Wildman–Crippen MR) is 136 cm³/mol. The van der Waals surface area contributed by atoms with E-state index >= 15 is 0 Å². The molecule has 0 heterocycles. The lowest BCUT2D eigenvalue weighted by Crippen LogP contribution is -2.14. The van der Waals surface area contributed by atoms with Crippen LogP contribution in [0.1, 0.15) is 71.6 Å². The second kappa shape index (κ2) is 10.4. The fraction of sp³-hybridized carbons (Fsp3) is 0.312. The Labute approximate surface area is 194 Å². The largest absolute Gasteiger partial charge is 0.0625 e. The second-order valence-electron chi connectivity index (χ2n) is 9.42. The lowest BCUT2D eigenvalue weighted by molar-refractivity contribution is 0.289. The van der Waals surface area contributed by atoms with Crippen LogP contribution in [0.3, 0.4) is 0 Å². The van der Waals surface area contributed by atoms with E-state index < -0.39 is 0 Å². The first-order valence-corrected chi connectivity index (χ1v) is 11.9. The van der Waals surface area contributed by atoms with Crippen LogP contribution < -0.4 is 0 Å². The Bertz CT molecular complexity index is 1160. The summed E-state index contributed by atoms with van der Waals surface area (Å²) in [5.41, 5.74) is 8.06. The highest BCUT2D eigenvalue weighted by Crippen LogP contribution is 2.30. The molecular weight excluding hydrogens is 384 g/mol. The molecule has 0 nitrogen and oxygen atoms in total. The Balaban J connectivity index is 1.39. The summed E-state index contributed by atoms with van der Waals surface area (Å²) < 4.78 is 0. The van der Waals surface area contributed by atoms with Gasteiger partial charge in [0, 0.05) is 22.3 Å². The Hall–Kier alpha value is -3.22. The quantitative estimate of drug-likeness (QED) is 0.380. The molecule has 0 atom stereocenters. The van der Waals surface area contributed by atoms with Crippen LogP contribution in [0.25, 0.3) is 0 Å². The van der Waals surface area contributed by atoms with E-state index in [4.69, 9.17) is 0 Å². The third-order valence-corrected chi connectivity index (χ3v) is 6.58. The van der Waals surface area contributed by atoms with E-state index in [1.54, 1.807) is 0 Å². The fourth-order valence-corrected chi connectivity index (χ4v) is 4.39. The van der Waals surface area contributed by atoms with Gasteiger partial charge in [-0.15, -0.1) is 0 Å². The van der Waals surface area contributed by atoms with Crippen LogP contribution in [0.2, 0.25) is 0 Å². The molecular formula is C32H32. The lowest BCUT2D eigenvalue weighted by atomic mass is 9.80. The average molecular weight is 417 g/mol. The second-order valence-corrected chi connectivity index (χ2v) is 9.42. The van der Waals surface area contributed by atoms with Crippen molar-refractivity contribution in [1.29, 1.82) is 0 Å². The third-order valence-electron chi connectivity index (χ3n) is 6.58. The molecule has 0 aromatic heterocycles. The van der Waals surface area contributed by atoms with Gasteiger partial charge < -0.3 is 0 Å². The molecule has 1 saturated carbocycles. The third kappa shape index (κ3) is 6.15. The summed E-state index contributed by atoms with van der Waals surface area (Å²) in [6, 6.07) is 23.5. The highest BCUT2D eigenvalue weighted by molar-refractivity contribution is 5.51. The van der Waals surface area contributed by atoms with E-state index in [1.165, 1.54) is 43.2 Å². The van der Waals surface area contributed by atoms with Crippen LogP contribution in [0.4, 0.5) is 0 Å². The number of benzene rings is 3. The summed E-state index contributed by atoms with van der Waals surface area (Å²) in [4.78, 5) is 0. The maximum atomic E-state index is 3.32. The Morgan fingerprint density at radius 1 is 0.656 bits per heavy atom. The van der Waals surface area contributed by atoms with Gasteiger partial charge in [0.25, 0.3) is 0 Å². The zero-order chi connectivity index (χ0) is 22.3. The van der Waals surface area contributed by atoms with Gasteiger partial charge in [-0.25, -0.2) is 0 Å². The van der Waals surface area contributed by atoms with Crippen molar-refractivity contribution in [2.45, 2.75) is 52.9 Å². The number of hydrogen-bond acceptors (Lipinski definition) is 0. The van der Waals surface area contributed by atoms with E-state index in [-0.39, 0.29) is 0 Å². The van der Waals surface area contributed by atoms with Crippen LogP contribution in [-0.2, 0) is 6.42 Å². The van der Waals surface area contributed by atoms with Crippen LogP contribution in [-0.4, -0.2) is 0 Å². The molecule has 4 rings (SSSR count). The van der Waals surface area contributed by atoms with Gasteiger partial charge in [-0.3, -0.25) is 0 Å². The molecule has 0 saturated heterocycles.